The standard InChI is InChI=1S/C12H12N6/c1-7-8-3-18(2)17-9(8)15-10(14-7)16-12-4-11(12,5-12)6-13/h3H,4-5H2,1-2H3,(H,15,16,17). The summed E-state index contributed by atoms with van der Waals surface area (Å²) in [6.45, 7) is 1.95. The number of hydrogen-bond donors (Lipinski definition) is 1. The maximum Gasteiger partial charge on any atom is 0.225 e. The molecule has 2 heterocycles. The Hall–Kier alpha value is -2.16. The lowest BCUT2D eigenvalue weighted by atomic mass is 10.2. The van der Waals surface area contributed by atoms with Crippen LogP contribution >= 0.6 is 0 Å². The normalized spacial score (nSPS) is 31.8. The van der Waals surface area contributed by atoms with E-state index in [1.807, 2.05) is 20.2 Å². The molecule has 2 fully saturated rings. The molecule has 0 saturated heterocycles. The topological polar surface area (TPSA) is 79.4 Å². The molecule has 0 atom stereocenters. The molecule has 0 radical (unpaired) electrons. The summed E-state index contributed by atoms with van der Waals surface area (Å²) in [6, 6.07) is 2.37. The minimum absolute atomic E-state index is 0.0450. The third-order valence-electron chi connectivity index (χ3n) is 4.12. The summed E-state index contributed by atoms with van der Waals surface area (Å²) in [7, 11) is 1.87. The second-order valence-electron chi connectivity index (χ2n) is 5.43. The van der Waals surface area contributed by atoms with Crippen molar-refractivity contribution in [3.63, 3.8) is 0 Å². The quantitative estimate of drug-likeness (QED) is 0.851. The first-order valence-electron chi connectivity index (χ1n) is 5.95. The van der Waals surface area contributed by atoms with Crippen molar-refractivity contribution in [1.29, 1.82) is 5.26 Å². The van der Waals surface area contributed by atoms with Crippen LogP contribution in [0, 0.1) is 23.7 Å². The van der Waals surface area contributed by atoms with E-state index in [1.165, 1.54) is 0 Å². The summed E-state index contributed by atoms with van der Waals surface area (Å²) in [5, 5.41) is 17.6. The van der Waals surface area contributed by atoms with Gasteiger partial charge in [-0.3, -0.25) is 4.68 Å². The molecule has 2 aromatic heterocycles. The summed E-state index contributed by atoms with van der Waals surface area (Å²) >= 11 is 0. The highest BCUT2D eigenvalue weighted by molar-refractivity contribution is 5.78. The van der Waals surface area contributed by atoms with Gasteiger partial charge in [0.25, 0.3) is 0 Å². The Morgan fingerprint density at radius 1 is 1.44 bits per heavy atom. The van der Waals surface area contributed by atoms with E-state index < -0.39 is 0 Å². The van der Waals surface area contributed by atoms with Crippen LogP contribution in [0.3, 0.4) is 0 Å². The van der Waals surface area contributed by atoms with E-state index in [0.717, 1.165) is 23.9 Å². The number of nitriles is 1. The number of nitrogens with one attached hydrogen (secondary N) is 1. The van der Waals surface area contributed by atoms with Crippen LogP contribution in [0.1, 0.15) is 18.5 Å². The van der Waals surface area contributed by atoms with Crippen LogP contribution in [0.25, 0.3) is 11.0 Å². The van der Waals surface area contributed by atoms with Gasteiger partial charge in [0.05, 0.1) is 28.1 Å². The Labute approximate surface area is 104 Å². The molecule has 0 aliphatic heterocycles. The van der Waals surface area contributed by atoms with Gasteiger partial charge in [0.2, 0.25) is 5.95 Å². The number of fused-ring (bicyclic) bond motifs is 2. The molecule has 2 saturated carbocycles. The zero-order valence-electron chi connectivity index (χ0n) is 10.2. The third-order valence-corrected chi connectivity index (χ3v) is 4.12. The van der Waals surface area contributed by atoms with Crippen molar-refractivity contribution in [3.05, 3.63) is 11.9 Å². The first kappa shape index (κ1) is 9.83. The van der Waals surface area contributed by atoms with E-state index in [0.29, 0.717) is 11.6 Å². The van der Waals surface area contributed by atoms with Gasteiger partial charge in [-0.15, -0.1) is 0 Å². The van der Waals surface area contributed by atoms with Crippen LogP contribution in [-0.2, 0) is 7.05 Å². The maximum atomic E-state index is 9.03. The second-order valence-corrected chi connectivity index (χ2v) is 5.43. The number of hydrogen-bond acceptors (Lipinski definition) is 5. The van der Waals surface area contributed by atoms with Gasteiger partial charge >= 0.3 is 0 Å². The first-order valence-corrected chi connectivity index (χ1v) is 5.95. The molecule has 90 valence electrons. The highest BCUT2D eigenvalue weighted by atomic mass is 15.3. The van der Waals surface area contributed by atoms with Gasteiger partial charge in [0.15, 0.2) is 5.65 Å². The molecule has 6 heteroatoms. The second kappa shape index (κ2) is 2.64. The summed E-state index contributed by atoms with van der Waals surface area (Å²) in [5.41, 5.74) is 1.43. The molecule has 0 bridgehead atoms. The molecule has 2 aromatic rings. The average molecular weight is 240 g/mol. The van der Waals surface area contributed by atoms with E-state index in [4.69, 9.17) is 5.26 Å². The molecule has 6 nitrogen and oxygen atoms in total. The van der Waals surface area contributed by atoms with Gasteiger partial charge in [-0.1, -0.05) is 0 Å². The lowest BCUT2D eigenvalue weighted by Gasteiger charge is -2.06. The summed E-state index contributed by atoms with van der Waals surface area (Å²) in [5.74, 6) is 0.591. The summed E-state index contributed by atoms with van der Waals surface area (Å²) in [6.07, 6.45) is 3.75. The first-order chi connectivity index (χ1) is 8.57. The van der Waals surface area contributed by atoms with Crippen molar-refractivity contribution in [2.75, 3.05) is 5.32 Å². The minimum atomic E-state index is -0.136. The van der Waals surface area contributed by atoms with E-state index in [-0.39, 0.29) is 11.0 Å². The molecular formula is C12H12N6. The van der Waals surface area contributed by atoms with E-state index in [2.05, 4.69) is 26.5 Å². The van der Waals surface area contributed by atoms with Crippen LogP contribution in [-0.4, -0.2) is 25.3 Å². The van der Waals surface area contributed by atoms with Crippen LogP contribution in [0.5, 0.6) is 0 Å². The van der Waals surface area contributed by atoms with Crippen LogP contribution in [0.4, 0.5) is 5.95 Å². The fraction of sp³-hybridized carbons (Fsp3) is 0.500. The van der Waals surface area contributed by atoms with Crippen molar-refractivity contribution in [2.24, 2.45) is 12.5 Å². The van der Waals surface area contributed by atoms with E-state index in [9.17, 15) is 0 Å². The van der Waals surface area contributed by atoms with Crippen molar-refractivity contribution in [2.45, 2.75) is 25.3 Å². The zero-order chi connectivity index (χ0) is 12.5. The van der Waals surface area contributed by atoms with Crippen LogP contribution in [0.15, 0.2) is 6.20 Å². The van der Waals surface area contributed by atoms with Gasteiger partial charge in [-0.05, 0) is 19.8 Å². The fourth-order valence-corrected chi connectivity index (χ4v) is 2.71. The maximum absolute atomic E-state index is 9.03. The van der Waals surface area contributed by atoms with Gasteiger partial charge in [0.1, 0.15) is 0 Å². The smallest absolute Gasteiger partial charge is 0.225 e. The van der Waals surface area contributed by atoms with E-state index in [1.54, 1.807) is 4.68 Å². The van der Waals surface area contributed by atoms with Gasteiger partial charge in [-0.2, -0.15) is 15.3 Å². The lowest BCUT2D eigenvalue weighted by Crippen LogP contribution is -2.13. The Kier molecular flexibility index (Phi) is 1.44. The average Bonchev–Trinajstić information content (AvgIpc) is 3.02. The molecule has 2 aliphatic rings. The molecular weight excluding hydrogens is 228 g/mol. The third kappa shape index (κ3) is 1.04. The highest BCUT2D eigenvalue weighted by Crippen LogP contribution is 2.79. The Morgan fingerprint density at radius 2 is 2.22 bits per heavy atom. The number of nitrogens with zero attached hydrogens (tertiary/aromatic N) is 5. The van der Waals surface area contributed by atoms with Crippen molar-refractivity contribution in [3.8, 4) is 6.07 Å². The zero-order valence-corrected chi connectivity index (χ0v) is 10.2. The summed E-state index contributed by atoms with van der Waals surface area (Å²) < 4.78 is 1.74. The monoisotopic (exact) mass is 240 g/mol. The fourth-order valence-electron chi connectivity index (χ4n) is 2.71. The summed E-state index contributed by atoms with van der Waals surface area (Å²) in [4.78, 5) is 8.86. The number of rotatable bonds is 2. The van der Waals surface area contributed by atoms with Gasteiger partial charge in [0, 0.05) is 13.2 Å². The van der Waals surface area contributed by atoms with Gasteiger partial charge < -0.3 is 5.32 Å². The molecule has 4 rings (SSSR count). The largest absolute Gasteiger partial charge is 0.347 e. The predicted molar refractivity (Wildman–Crippen MR) is 64.7 cm³/mol. The number of anilines is 1. The molecule has 0 amide bonds. The van der Waals surface area contributed by atoms with Crippen LogP contribution < -0.4 is 5.32 Å². The number of aryl methyl sites for hydroxylation is 2. The molecule has 0 spiro atoms. The molecule has 2 aliphatic carbocycles. The molecule has 0 unspecified atom stereocenters. The molecule has 1 N–H and O–H groups in total. The SMILES string of the molecule is Cc1nc(NC23CC2(C#N)C3)nc2nn(C)cc12. The molecule has 18 heavy (non-hydrogen) atoms. The van der Waals surface area contributed by atoms with Crippen molar-refractivity contribution < 1.29 is 0 Å². The Balaban J connectivity index is 1.72. The highest BCUT2D eigenvalue weighted by Gasteiger charge is 2.85. The molecule has 0 aromatic carbocycles. The minimum Gasteiger partial charge on any atom is -0.347 e. The van der Waals surface area contributed by atoms with E-state index >= 15 is 0 Å². The van der Waals surface area contributed by atoms with Crippen molar-refractivity contribution in [1.82, 2.24) is 19.7 Å². The Bertz CT molecular complexity index is 716. The predicted octanol–water partition coefficient (Wildman–Crippen LogP) is 1.14. The van der Waals surface area contributed by atoms with Crippen molar-refractivity contribution >= 4 is 17.0 Å². The Morgan fingerprint density at radius 3 is 2.89 bits per heavy atom. The lowest BCUT2D eigenvalue weighted by molar-refractivity contribution is 0.773. The number of aromatic nitrogens is 4. The van der Waals surface area contributed by atoms with Gasteiger partial charge in [-0.25, -0.2) is 4.98 Å². The van der Waals surface area contributed by atoms with Crippen LogP contribution in [0.2, 0.25) is 0 Å².